The first-order valence-electron chi connectivity index (χ1n) is 5.95. The van der Waals surface area contributed by atoms with Crippen molar-refractivity contribution in [2.24, 2.45) is 17.6 Å². The molecule has 2 unspecified atom stereocenters. The zero-order chi connectivity index (χ0) is 14.3. The Kier molecular flexibility index (Phi) is 6.15. The van der Waals surface area contributed by atoms with Gasteiger partial charge in [0.25, 0.3) is 0 Å². The van der Waals surface area contributed by atoms with Crippen LogP contribution >= 0.6 is 11.9 Å². The maximum absolute atomic E-state index is 11.6. The van der Waals surface area contributed by atoms with Crippen LogP contribution in [0.3, 0.4) is 0 Å². The summed E-state index contributed by atoms with van der Waals surface area (Å²) >= 11 is 1.38. The largest absolute Gasteiger partial charge is 0.370 e. The quantitative estimate of drug-likeness (QED) is 0.654. The number of rotatable bonds is 4. The molecule has 1 aliphatic rings. The summed E-state index contributed by atoms with van der Waals surface area (Å²) in [5, 5.41) is 0. The summed E-state index contributed by atoms with van der Waals surface area (Å²) < 4.78 is 2.86. The van der Waals surface area contributed by atoms with Gasteiger partial charge in [-0.3, -0.25) is 14.3 Å². The van der Waals surface area contributed by atoms with E-state index in [2.05, 4.69) is 17.0 Å². The molecule has 1 aromatic carbocycles. The number of carbonyl (C=O) groups is 2. The molecule has 1 saturated carbocycles. The Morgan fingerprint density at radius 1 is 1.42 bits per heavy atom. The number of nitrogens with one attached hydrogen (secondary N) is 1. The molecule has 0 bridgehead atoms. The zero-order valence-electron chi connectivity index (χ0n) is 10.8. The van der Waals surface area contributed by atoms with Crippen LogP contribution in [0.15, 0.2) is 47.9 Å². The molecule has 4 nitrogen and oxygen atoms in total. The van der Waals surface area contributed by atoms with Gasteiger partial charge < -0.3 is 5.73 Å². The van der Waals surface area contributed by atoms with E-state index in [-0.39, 0.29) is 17.7 Å². The highest BCUT2D eigenvalue weighted by molar-refractivity contribution is 7.98. The predicted molar refractivity (Wildman–Crippen MR) is 77.1 cm³/mol. The lowest BCUT2D eigenvalue weighted by Gasteiger charge is -2.02. The van der Waals surface area contributed by atoms with Gasteiger partial charge in [0.05, 0.1) is 0 Å². The Labute approximate surface area is 117 Å². The maximum Gasteiger partial charge on any atom is 0.233 e. The SMILES string of the molecule is C=CC1CC1C(=O)NSc1ccccc1.CC(N)=O. The Balaban J connectivity index is 0.000000399. The van der Waals surface area contributed by atoms with Gasteiger partial charge in [-0.2, -0.15) is 0 Å². The van der Waals surface area contributed by atoms with Crippen molar-refractivity contribution in [2.75, 3.05) is 0 Å². The van der Waals surface area contributed by atoms with Crippen LogP contribution in [-0.4, -0.2) is 11.8 Å². The van der Waals surface area contributed by atoms with Crippen molar-refractivity contribution in [2.45, 2.75) is 18.2 Å². The van der Waals surface area contributed by atoms with Crippen LogP contribution in [0.25, 0.3) is 0 Å². The number of allylic oxidation sites excluding steroid dienone is 1. The molecule has 1 aliphatic carbocycles. The Bertz CT molecular complexity index is 444. The van der Waals surface area contributed by atoms with Crippen molar-refractivity contribution in [3.8, 4) is 0 Å². The zero-order valence-corrected chi connectivity index (χ0v) is 11.7. The summed E-state index contributed by atoms with van der Waals surface area (Å²) in [5.41, 5.74) is 4.47. The molecule has 1 aromatic rings. The van der Waals surface area contributed by atoms with Gasteiger partial charge in [0, 0.05) is 17.7 Å². The van der Waals surface area contributed by atoms with Crippen molar-refractivity contribution < 1.29 is 9.59 Å². The second-order valence-corrected chi connectivity index (χ2v) is 5.11. The van der Waals surface area contributed by atoms with Crippen molar-refractivity contribution in [3.05, 3.63) is 43.0 Å². The normalized spacial score (nSPS) is 19.6. The van der Waals surface area contributed by atoms with E-state index in [9.17, 15) is 9.59 Å². The second-order valence-electron chi connectivity index (χ2n) is 4.23. The van der Waals surface area contributed by atoms with E-state index in [0.717, 1.165) is 11.3 Å². The fraction of sp³-hybridized carbons (Fsp3) is 0.286. The molecule has 2 amide bonds. The van der Waals surface area contributed by atoms with Gasteiger partial charge in [-0.1, -0.05) is 24.3 Å². The van der Waals surface area contributed by atoms with E-state index >= 15 is 0 Å². The molecule has 0 radical (unpaired) electrons. The van der Waals surface area contributed by atoms with Gasteiger partial charge in [0.1, 0.15) is 0 Å². The summed E-state index contributed by atoms with van der Waals surface area (Å²) in [6.07, 6.45) is 2.81. The molecule has 0 aromatic heterocycles. The van der Waals surface area contributed by atoms with Gasteiger partial charge >= 0.3 is 0 Å². The first-order chi connectivity index (χ1) is 9.04. The minimum atomic E-state index is -0.333. The first-order valence-corrected chi connectivity index (χ1v) is 6.76. The third-order valence-electron chi connectivity index (χ3n) is 2.49. The van der Waals surface area contributed by atoms with Crippen molar-refractivity contribution in [1.82, 2.24) is 4.72 Å². The lowest BCUT2D eigenvalue weighted by Crippen LogP contribution is -2.18. The Morgan fingerprint density at radius 2 is 2.00 bits per heavy atom. The van der Waals surface area contributed by atoms with E-state index < -0.39 is 0 Å². The standard InChI is InChI=1S/C12H13NOS.C2H5NO/c1-2-9-8-11(9)12(14)13-15-10-6-4-3-5-7-10;1-2(3)4/h2-7,9,11H,1,8H2,(H,13,14);1H3,(H2,3,4). The smallest absolute Gasteiger partial charge is 0.233 e. The summed E-state index contributed by atoms with van der Waals surface area (Å²) in [4.78, 5) is 21.8. The van der Waals surface area contributed by atoms with Crippen LogP contribution in [0, 0.1) is 11.8 Å². The van der Waals surface area contributed by atoms with Crippen LogP contribution in [0.2, 0.25) is 0 Å². The molecule has 3 N–H and O–H groups in total. The molecule has 2 rings (SSSR count). The van der Waals surface area contributed by atoms with Crippen LogP contribution in [0.5, 0.6) is 0 Å². The molecule has 19 heavy (non-hydrogen) atoms. The Morgan fingerprint density at radius 3 is 2.47 bits per heavy atom. The van der Waals surface area contributed by atoms with Crippen LogP contribution in [0.4, 0.5) is 0 Å². The highest BCUT2D eigenvalue weighted by Gasteiger charge is 2.40. The third kappa shape index (κ3) is 6.10. The molecular weight excluding hydrogens is 260 g/mol. The van der Waals surface area contributed by atoms with Gasteiger partial charge in [-0.15, -0.1) is 6.58 Å². The summed E-state index contributed by atoms with van der Waals surface area (Å²) in [6.45, 7) is 4.99. The highest BCUT2D eigenvalue weighted by atomic mass is 32.2. The van der Waals surface area contributed by atoms with E-state index in [4.69, 9.17) is 0 Å². The molecule has 2 atom stereocenters. The minimum Gasteiger partial charge on any atom is -0.370 e. The minimum absolute atomic E-state index is 0.119. The number of hydrogen-bond donors (Lipinski definition) is 2. The first kappa shape index (κ1) is 15.3. The highest BCUT2D eigenvalue weighted by Crippen LogP contribution is 2.39. The lowest BCUT2D eigenvalue weighted by molar-refractivity contribution is -0.120. The fourth-order valence-corrected chi connectivity index (χ4v) is 2.11. The molecule has 5 heteroatoms. The maximum atomic E-state index is 11.6. The molecule has 0 heterocycles. The number of benzene rings is 1. The third-order valence-corrected chi connectivity index (χ3v) is 3.30. The summed E-state index contributed by atoms with van der Waals surface area (Å²) in [7, 11) is 0. The lowest BCUT2D eigenvalue weighted by atomic mass is 10.3. The van der Waals surface area contributed by atoms with E-state index in [1.807, 2.05) is 36.4 Å². The second kappa shape index (κ2) is 7.63. The molecular formula is C14H18N2O2S. The monoisotopic (exact) mass is 278 g/mol. The van der Waals surface area contributed by atoms with Crippen molar-refractivity contribution in [3.63, 3.8) is 0 Å². The van der Waals surface area contributed by atoms with Gasteiger partial charge in [0.15, 0.2) is 0 Å². The topological polar surface area (TPSA) is 72.2 Å². The molecule has 1 fully saturated rings. The van der Waals surface area contributed by atoms with Crippen molar-refractivity contribution in [1.29, 1.82) is 0 Å². The number of primary amides is 1. The number of hydrogen-bond acceptors (Lipinski definition) is 3. The van der Waals surface area contributed by atoms with E-state index in [1.165, 1.54) is 18.9 Å². The van der Waals surface area contributed by atoms with Crippen LogP contribution in [0.1, 0.15) is 13.3 Å². The predicted octanol–water partition coefficient (Wildman–Crippen LogP) is 2.12. The molecule has 0 aliphatic heterocycles. The number of carbonyl (C=O) groups excluding carboxylic acids is 2. The number of nitrogens with two attached hydrogens (primary N) is 1. The van der Waals surface area contributed by atoms with E-state index in [0.29, 0.717) is 5.92 Å². The van der Waals surface area contributed by atoms with Crippen LogP contribution < -0.4 is 10.5 Å². The number of amides is 2. The Hall–Kier alpha value is -1.75. The summed E-state index contributed by atoms with van der Waals surface area (Å²) in [5.74, 6) is 0.328. The fourth-order valence-electron chi connectivity index (χ4n) is 1.45. The van der Waals surface area contributed by atoms with Crippen LogP contribution in [-0.2, 0) is 9.59 Å². The van der Waals surface area contributed by atoms with Gasteiger partial charge in [-0.05, 0) is 36.4 Å². The van der Waals surface area contributed by atoms with Gasteiger partial charge in [0.2, 0.25) is 11.8 Å². The molecule has 0 saturated heterocycles. The van der Waals surface area contributed by atoms with Gasteiger partial charge in [-0.25, -0.2) is 0 Å². The molecule has 102 valence electrons. The molecule has 0 spiro atoms. The average molecular weight is 278 g/mol. The summed E-state index contributed by atoms with van der Waals surface area (Å²) in [6, 6.07) is 9.82. The van der Waals surface area contributed by atoms with Crippen molar-refractivity contribution >= 4 is 23.8 Å². The van der Waals surface area contributed by atoms with E-state index in [1.54, 1.807) is 0 Å². The average Bonchev–Trinajstić information content (AvgIpc) is 3.16.